The number of carboxylic acids is 1. The van der Waals surface area contributed by atoms with Crippen molar-refractivity contribution in [3.63, 3.8) is 0 Å². The third-order valence-electron chi connectivity index (χ3n) is 5.56. The molecule has 0 aliphatic heterocycles. The maximum Gasteiger partial charge on any atom is 0.356 e. The van der Waals surface area contributed by atoms with Crippen molar-refractivity contribution < 1.29 is 9.90 Å². The first kappa shape index (κ1) is 11.5. The molecule has 0 radical (unpaired) electrons. The van der Waals surface area contributed by atoms with Crippen LogP contribution in [-0.2, 0) is 5.54 Å². The molecule has 1 N–H and O–H groups in total. The fourth-order valence-electron chi connectivity index (χ4n) is 5.38. The Bertz CT molecular complexity index is 511. The number of nitrogens with zero attached hydrogens (tertiary/aromatic N) is 2. The SMILES string of the molecule is Cc1cc(C(=O)O)nn1C12CC3CC(CC(C3)C1)C2. The van der Waals surface area contributed by atoms with E-state index in [9.17, 15) is 4.79 Å². The van der Waals surface area contributed by atoms with Crippen molar-refractivity contribution >= 4 is 5.97 Å². The summed E-state index contributed by atoms with van der Waals surface area (Å²) < 4.78 is 2.07. The zero-order valence-corrected chi connectivity index (χ0v) is 11.3. The molecule has 4 bridgehead atoms. The molecule has 0 amide bonds. The first-order valence-corrected chi connectivity index (χ1v) is 7.36. The number of hydrogen-bond donors (Lipinski definition) is 1. The van der Waals surface area contributed by atoms with Crippen LogP contribution in [0.15, 0.2) is 6.07 Å². The minimum absolute atomic E-state index is 0.131. The molecule has 4 aliphatic rings. The molecule has 0 aromatic carbocycles. The van der Waals surface area contributed by atoms with Crippen molar-refractivity contribution in [2.45, 2.75) is 51.0 Å². The fraction of sp³-hybridized carbons (Fsp3) is 0.733. The van der Waals surface area contributed by atoms with Gasteiger partial charge in [-0.3, -0.25) is 4.68 Å². The molecule has 1 heterocycles. The third-order valence-corrected chi connectivity index (χ3v) is 5.56. The molecule has 0 saturated heterocycles. The largest absolute Gasteiger partial charge is 0.476 e. The van der Waals surface area contributed by atoms with Crippen LogP contribution < -0.4 is 0 Å². The van der Waals surface area contributed by atoms with Gasteiger partial charge in [0.25, 0.3) is 0 Å². The Morgan fingerprint density at radius 1 is 1.26 bits per heavy atom. The van der Waals surface area contributed by atoms with Crippen LogP contribution in [-0.4, -0.2) is 20.9 Å². The van der Waals surface area contributed by atoms with E-state index in [1.54, 1.807) is 6.07 Å². The van der Waals surface area contributed by atoms with Crippen LogP contribution >= 0.6 is 0 Å². The van der Waals surface area contributed by atoms with Crippen LogP contribution in [0.2, 0.25) is 0 Å². The molecule has 4 fully saturated rings. The Morgan fingerprint density at radius 2 is 1.79 bits per heavy atom. The van der Waals surface area contributed by atoms with Crippen molar-refractivity contribution in [2.24, 2.45) is 17.8 Å². The number of carboxylic acid groups (broad SMARTS) is 1. The summed E-state index contributed by atoms with van der Waals surface area (Å²) in [4.78, 5) is 11.1. The summed E-state index contributed by atoms with van der Waals surface area (Å²) in [6, 6.07) is 1.72. The molecule has 4 aliphatic carbocycles. The summed E-state index contributed by atoms with van der Waals surface area (Å²) in [6.07, 6.45) is 7.81. The maximum atomic E-state index is 11.1. The predicted molar refractivity (Wildman–Crippen MR) is 70.1 cm³/mol. The predicted octanol–water partition coefficient (Wildman–Crippen LogP) is 2.82. The van der Waals surface area contributed by atoms with Crippen molar-refractivity contribution in [3.8, 4) is 0 Å². The average Bonchev–Trinajstić information content (AvgIpc) is 2.70. The van der Waals surface area contributed by atoms with E-state index < -0.39 is 5.97 Å². The third kappa shape index (κ3) is 1.58. The van der Waals surface area contributed by atoms with E-state index in [-0.39, 0.29) is 11.2 Å². The Morgan fingerprint density at radius 3 is 2.21 bits per heavy atom. The van der Waals surface area contributed by atoms with Crippen LogP contribution in [0, 0.1) is 24.7 Å². The molecule has 4 heteroatoms. The molecule has 1 aromatic rings. The fourth-order valence-corrected chi connectivity index (χ4v) is 5.38. The minimum atomic E-state index is -0.911. The highest BCUT2D eigenvalue weighted by Gasteiger charge is 2.52. The van der Waals surface area contributed by atoms with Gasteiger partial charge in [0.1, 0.15) is 0 Å². The van der Waals surface area contributed by atoms with Gasteiger partial charge < -0.3 is 5.11 Å². The molecule has 19 heavy (non-hydrogen) atoms. The molecule has 0 unspecified atom stereocenters. The van der Waals surface area contributed by atoms with Gasteiger partial charge >= 0.3 is 5.97 Å². The summed E-state index contributed by atoms with van der Waals surface area (Å²) in [5.74, 6) is 1.64. The van der Waals surface area contributed by atoms with Crippen LogP contribution in [0.25, 0.3) is 0 Å². The highest BCUT2D eigenvalue weighted by Crippen LogP contribution is 2.58. The van der Waals surface area contributed by atoms with E-state index in [1.165, 1.54) is 38.5 Å². The second-order valence-electron chi connectivity index (χ2n) is 7.03. The zero-order chi connectivity index (χ0) is 13.2. The van der Waals surface area contributed by atoms with Gasteiger partial charge in [0.15, 0.2) is 5.69 Å². The number of aromatic nitrogens is 2. The van der Waals surface area contributed by atoms with E-state index in [0.29, 0.717) is 0 Å². The molecular formula is C15H20N2O2. The van der Waals surface area contributed by atoms with E-state index in [4.69, 9.17) is 5.11 Å². The van der Waals surface area contributed by atoms with Crippen molar-refractivity contribution in [2.75, 3.05) is 0 Å². The molecular weight excluding hydrogens is 240 g/mol. The molecule has 102 valence electrons. The summed E-state index contributed by atoms with van der Waals surface area (Å²) in [5.41, 5.74) is 1.35. The Hall–Kier alpha value is -1.32. The van der Waals surface area contributed by atoms with Gasteiger partial charge in [-0.25, -0.2) is 4.79 Å². The molecule has 4 saturated carbocycles. The number of rotatable bonds is 2. The lowest BCUT2D eigenvalue weighted by atomic mass is 9.53. The van der Waals surface area contributed by atoms with Gasteiger partial charge in [0.2, 0.25) is 0 Å². The van der Waals surface area contributed by atoms with Gasteiger partial charge in [-0.05, 0) is 69.3 Å². The topological polar surface area (TPSA) is 55.1 Å². The van der Waals surface area contributed by atoms with E-state index >= 15 is 0 Å². The quantitative estimate of drug-likeness (QED) is 0.889. The van der Waals surface area contributed by atoms with Gasteiger partial charge in [0.05, 0.1) is 5.54 Å². The van der Waals surface area contributed by atoms with Gasteiger partial charge in [-0.1, -0.05) is 0 Å². The highest BCUT2D eigenvalue weighted by atomic mass is 16.4. The van der Waals surface area contributed by atoms with E-state index in [2.05, 4.69) is 9.78 Å². The molecule has 0 atom stereocenters. The monoisotopic (exact) mass is 260 g/mol. The number of carbonyl (C=O) groups is 1. The highest BCUT2D eigenvalue weighted by molar-refractivity contribution is 5.85. The lowest BCUT2D eigenvalue weighted by Gasteiger charge is -2.56. The van der Waals surface area contributed by atoms with Crippen LogP contribution in [0.3, 0.4) is 0 Å². The van der Waals surface area contributed by atoms with Crippen molar-refractivity contribution in [3.05, 3.63) is 17.5 Å². The Labute approximate surface area is 112 Å². The summed E-state index contributed by atoms with van der Waals surface area (Å²) >= 11 is 0. The lowest BCUT2D eigenvalue weighted by Crippen LogP contribution is -2.52. The van der Waals surface area contributed by atoms with Crippen LogP contribution in [0.5, 0.6) is 0 Å². The smallest absolute Gasteiger partial charge is 0.356 e. The second-order valence-corrected chi connectivity index (χ2v) is 7.03. The van der Waals surface area contributed by atoms with Crippen LogP contribution in [0.4, 0.5) is 0 Å². The lowest BCUT2D eigenvalue weighted by molar-refractivity contribution is -0.0505. The van der Waals surface area contributed by atoms with Crippen LogP contribution in [0.1, 0.15) is 54.7 Å². The van der Waals surface area contributed by atoms with E-state index in [1.807, 2.05) is 6.92 Å². The standard InChI is InChI=1S/C15H20N2O2/c1-9-2-13(14(18)19)16-17(9)15-6-10-3-11(7-15)5-12(4-10)8-15/h2,10-12H,3-8H2,1H3,(H,18,19). The Balaban J connectivity index is 1.77. The first-order valence-electron chi connectivity index (χ1n) is 7.36. The van der Waals surface area contributed by atoms with Crippen molar-refractivity contribution in [1.29, 1.82) is 0 Å². The summed E-state index contributed by atoms with van der Waals surface area (Å²) in [7, 11) is 0. The maximum absolute atomic E-state index is 11.1. The van der Waals surface area contributed by atoms with E-state index in [0.717, 1.165) is 23.4 Å². The summed E-state index contributed by atoms with van der Waals surface area (Å²) in [5, 5.41) is 13.5. The molecule has 1 aromatic heterocycles. The molecule has 0 spiro atoms. The normalized spacial score (nSPS) is 39.7. The number of aryl methyl sites for hydroxylation is 1. The minimum Gasteiger partial charge on any atom is -0.476 e. The number of aromatic carboxylic acids is 1. The van der Waals surface area contributed by atoms with Gasteiger partial charge in [0, 0.05) is 5.69 Å². The van der Waals surface area contributed by atoms with Gasteiger partial charge in [-0.15, -0.1) is 0 Å². The zero-order valence-electron chi connectivity index (χ0n) is 11.3. The van der Waals surface area contributed by atoms with Crippen molar-refractivity contribution in [1.82, 2.24) is 9.78 Å². The average molecular weight is 260 g/mol. The van der Waals surface area contributed by atoms with Gasteiger partial charge in [-0.2, -0.15) is 5.10 Å². The molecule has 4 nitrogen and oxygen atoms in total. The molecule has 5 rings (SSSR count). The second kappa shape index (κ2) is 3.62. The first-order chi connectivity index (χ1) is 9.06. The summed E-state index contributed by atoms with van der Waals surface area (Å²) in [6.45, 7) is 2.00. The Kier molecular flexibility index (Phi) is 2.19. The number of hydrogen-bond acceptors (Lipinski definition) is 2.